The average Bonchev–Trinajstić information content (AvgIpc) is 2.74. The lowest BCUT2D eigenvalue weighted by Crippen LogP contribution is -2.38. The third-order valence-corrected chi connectivity index (χ3v) is 6.06. The van der Waals surface area contributed by atoms with Gasteiger partial charge < -0.3 is 9.84 Å². The van der Waals surface area contributed by atoms with Gasteiger partial charge in [0.25, 0.3) is 0 Å². The Morgan fingerprint density at radius 2 is 1.74 bits per heavy atom. The van der Waals surface area contributed by atoms with E-state index in [2.05, 4.69) is 51.1 Å². The highest BCUT2D eigenvalue weighted by Crippen LogP contribution is 2.38. The lowest BCUT2D eigenvalue weighted by Gasteiger charge is -2.36. The fourth-order valence-electron chi connectivity index (χ4n) is 4.48. The van der Waals surface area contributed by atoms with Gasteiger partial charge in [-0.25, -0.2) is 4.79 Å². The number of fused-ring (bicyclic) bond motifs is 1. The molecule has 1 heterocycles. The van der Waals surface area contributed by atoms with Gasteiger partial charge in [-0.05, 0) is 72.1 Å². The van der Waals surface area contributed by atoms with Crippen LogP contribution in [-0.2, 0) is 19.3 Å². The molecule has 0 aromatic heterocycles. The predicted molar refractivity (Wildman–Crippen MR) is 125 cm³/mol. The number of carboxylic acid groups (broad SMARTS) is 1. The number of hydrogen-bond acceptors (Lipinski definition) is 2. The van der Waals surface area contributed by atoms with Crippen LogP contribution in [0.4, 0.5) is 0 Å². The van der Waals surface area contributed by atoms with E-state index in [-0.39, 0.29) is 5.60 Å². The minimum absolute atomic E-state index is 0.280. The van der Waals surface area contributed by atoms with Crippen molar-refractivity contribution < 1.29 is 14.6 Å². The first-order valence-corrected chi connectivity index (χ1v) is 11.1. The Labute approximate surface area is 184 Å². The summed E-state index contributed by atoms with van der Waals surface area (Å²) in [6, 6.07) is 22.1. The Hall–Kier alpha value is -3.07. The summed E-state index contributed by atoms with van der Waals surface area (Å²) in [4.78, 5) is 11.6. The van der Waals surface area contributed by atoms with E-state index in [0.717, 1.165) is 42.6 Å². The van der Waals surface area contributed by atoms with Crippen molar-refractivity contribution in [2.24, 2.45) is 5.92 Å². The molecule has 1 aliphatic rings. The Bertz CT molecular complexity index is 1080. The minimum Gasteiger partial charge on any atom is -0.487 e. The normalized spacial score (nSPS) is 17.8. The highest BCUT2D eigenvalue weighted by Gasteiger charge is 2.32. The van der Waals surface area contributed by atoms with Crippen LogP contribution in [0.25, 0.3) is 11.1 Å². The first-order valence-electron chi connectivity index (χ1n) is 11.1. The van der Waals surface area contributed by atoms with Crippen molar-refractivity contribution in [1.29, 1.82) is 0 Å². The van der Waals surface area contributed by atoms with E-state index in [1.54, 1.807) is 12.1 Å². The zero-order valence-corrected chi connectivity index (χ0v) is 18.5. The summed E-state index contributed by atoms with van der Waals surface area (Å²) in [6.45, 7) is 6.66. The van der Waals surface area contributed by atoms with Crippen LogP contribution in [0.15, 0.2) is 66.7 Å². The van der Waals surface area contributed by atoms with Crippen molar-refractivity contribution in [3.63, 3.8) is 0 Å². The average molecular weight is 415 g/mol. The van der Waals surface area contributed by atoms with Crippen LogP contribution in [0.3, 0.4) is 0 Å². The van der Waals surface area contributed by atoms with E-state index < -0.39 is 5.97 Å². The second-order valence-electron chi connectivity index (χ2n) is 9.32. The van der Waals surface area contributed by atoms with Gasteiger partial charge in [-0.2, -0.15) is 0 Å². The first kappa shape index (κ1) is 21.2. The summed E-state index contributed by atoms with van der Waals surface area (Å²) < 4.78 is 6.53. The van der Waals surface area contributed by atoms with E-state index in [4.69, 9.17) is 4.74 Å². The number of carboxylic acids is 1. The van der Waals surface area contributed by atoms with Gasteiger partial charge in [0.05, 0.1) is 5.56 Å². The van der Waals surface area contributed by atoms with E-state index in [1.807, 2.05) is 24.3 Å². The first-order chi connectivity index (χ1) is 14.8. The molecule has 31 heavy (non-hydrogen) atoms. The van der Waals surface area contributed by atoms with Gasteiger partial charge in [-0.1, -0.05) is 68.4 Å². The molecule has 1 aliphatic heterocycles. The van der Waals surface area contributed by atoms with Crippen LogP contribution in [0.2, 0.25) is 0 Å². The quantitative estimate of drug-likeness (QED) is 0.496. The molecule has 160 valence electrons. The van der Waals surface area contributed by atoms with E-state index in [0.29, 0.717) is 11.5 Å². The number of ether oxygens (including phenoxy) is 1. The SMILES string of the molecule is CC(C)Cc1ccc(C[C@]2(C)CCc3ccc(-c4ccccc4C(=O)O)cc3O2)cc1. The molecule has 0 amide bonds. The summed E-state index contributed by atoms with van der Waals surface area (Å²) >= 11 is 0. The molecule has 0 saturated carbocycles. The lowest BCUT2D eigenvalue weighted by atomic mass is 9.86. The second-order valence-corrected chi connectivity index (χ2v) is 9.32. The molecule has 3 nitrogen and oxygen atoms in total. The third-order valence-electron chi connectivity index (χ3n) is 6.06. The maximum atomic E-state index is 11.6. The standard InChI is InChI=1S/C28H30O3/c1-19(2)16-20-8-10-21(11-9-20)18-28(3)15-14-22-12-13-23(17-26(22)31-28)24-6-4-5-7-25(24)27(29)30/h4-13,17,19H,14-16,18H2,1-3H3,(H,29,30)/t28-/m0/s1. The zero-order chi connectivity index (χ0) is 22.0. The van der Waals surface area contributed by atoms with Gasteiger partial charge >= 0.3 is 5.97 Å². The molecule has 3 heteroatoms. The molecule has 0 spiro atoms. The third kappa shape index (κ3) is 4.82. The molecule has 1 N–H and O–H groups in total. The van der Waals surface area contributed by atoms with Crippen LogP contribution in [-0.4, -0.2) is 16.7 Å². The molecule has 3 aromatic carbocycles. The summed E-state index contributed by atoms with van der Waals surface area (Å²) in [5, 5.41) is 9.55. The molecule has 0 radical (unpaired) electrons. The van der Waals surface area contributed by atoms with Crippen molar-refractivity contribution >= 4 is 5.97 Å². The second kappa shape index (κ2) is 8.58. The van der Waals surface area contributed by atoms with Gasteiger partial charge in [-0.3, -0.25) is 0 Å². The Morgan fingerprint density at radius 1 is 1.03 bits per heavy atom. The van der Waals surface area contributed by atoms with Crippen molar-refractivity contribution in [3.8, 4) is 16.9 Å². The number of carbonyl (C=O) groups is 1. The summed E-state index contributed by atoms with van der Waals surface area (Å²) in [7, 11) is 0. The summed E-state index contributed by atoms with van der Waals surface area (Å²) in [5.74, 6) is 0.602. The Balaban J connectivity index is 1.56. The van der Waals surface area contributed by atoms with E-state index in [1.165, 1.54) is 16.7 Å². The van der Waals surface area contributed by atoms with Gasteiger partial charge in [0, 0.05) is 6.42 Å². The van der Waals surface area contributed by atoms with Crippen LogP contribution in [0.1, 0.15) is 54.2 Å². The molecule has 4 rings (SSSR count). The number of aromatic carboxylic acids is 1. The Morgan fingerprint density at radius 3 is 2.45 bits per heavy atom. The molecule has 3 aromatic rings. The summed E-state index contributed by atoms with van der Waals surface area (Å²) in [6.07, 6.45) is 3.86. The van der Waals surface area contributed by atoms with E-state index in [9.17, 15) is 9.90 Å². The smallest absolute Gasteiger partial charge is 0.336 e. The topological polar surface area (TPSA) is 46.5 Å². The van der Waals surface area contributed by atoms with Crippen LogP contribution < -0.4 is 4.74 Å². The molecule has 0 bridgehead atoms. The number of benzene rings is 3. The fraction of sp³-hybridized carbons (Fsp3) is 0.321. The molecular formula is C28H30O3. The maximum absolute atomic E-state index is 11.6. The highest BCUT2D eigenvalue weighted by molar-refractivity contribution is 5.96. The Kier molecular flexibility index (Phi) is 5.86. The summed E-state index contributed by atoms with van der Waals surface area (Å²) in [5.41, 5.74) is 5.46. The van der Waals surface area contributed by atoms with Gasteiger partial charge in [0.2, 0.25) is 0 Å². The van der Waals surface area contributed by atoms with Crippen LogP contribution >= 0.6 is 0 Å². The highest BCUT2D eigenvalue weighted by atomic mass is 16.5. The van der Waals surface area contributed by atoms with Gasteiger partial charge in [-0.15, -0.1) is 0 Å². The fourth-order valence-corrected chi connectivity index (χ4v) is 4.48. The predicted octanol–water partition coefficient (Wildman–Crippen LogP) is 6.58. The molecule has 0 unspecified atom stereocenters. The monoisotopic (exact) mass is 414 g/mol. The molecule has 0 saturated heterocycles. The van der Waals surface area contributed by atoms with Gasteiger partial charge in [0.15, 0.2) is 0 Å². The zero-order valence-electron chi connectivity index (χ0n) is 18.5. The molecule has 0 fully saturated rings. The number of rotatable bonds is 6. The van der Waals surface area contributed by atoms with E-state index >= 15 is 0 Å². The largest absolute Gasteiger partial charge is 0.487 e. The van der Waals surface area contributed by atoms with Crippen LogP contribution in [0.5, 0.6) is 5.75 Å². The number of hydrogen-bond donors (Lipinski definition) is 1. The van der Waals surface area contributed by atoms with Crippen molar-refractivity contribution in [3.05, 3.63) is 89.0 Å². The molecular weight excluding hydrogens is 384 g/mol. The van der Waals surface area contributed by atoms with Crippen molar-refractivity contribution in [2.45, 2.75) is 52.1 Å². The van der Waals surface area contributed by atoms with Gasteiger partial charge in [0.1, 0.15) is 11.4 Å². The lowest BCUT2D eigenvalue weighted by molar-refractivity contribution is 0.0653. The maximum Gasteiger partial charge on any atom is 0.336 e. The molecule has 1 atom stereocenters. The molecule has 0 aliphatic carbocycles. The minimum atomic E-state index is -0.917. The van der Waals surface area contributed by atoms with Crippen molar-refractivity contribution in [2.75, 3.05) is 0 Å². The van der Waals surface area contributed by atoms with Crippen molar-refractivity contribution in [1.82, 2.24) is 0 Å². The number of aryl methyl sites for hydroxylation is 1. The van der Waals surface area contributed by atoms with Crippen LogP contribution in [0, 0.1) is 5.92 Å².